The van der Waals surface area contributed by atoms with Crippen molar-refractivity contribution in [2.45, 2.75) is 18.8 Å². The molecule has 9 heteroatoms. The number of hydrogen-bond donors (Lipinski definition) is 1. The summed E-state index contributed by atoms with van der Waals surface area (Å²) in [5.41, 5.74) is 7.09. The first-order chi connectivity index (χ1) is 15.0. The number of nitriles is 1. The number of nitrogens with zero attached hydrogens (tertiary/aromatic N) is 6. The number of anilines is 2. The van der Waals surface area contributed by atoms with Crippen LogP contribution in [0, 0.1) is 23.1 Å². The fourth-order valence-electron chi connectivity index (χ4n) is 3.95. The molecular weight excluding hydrogens is 417 g/mol. The molecule has 0 aliphatic carbocycles. The minimum Gasteiger partial charge on any atom is -0.398 e. The summed E-state index contributed by atoms with van der Waals surface area (Å²) in [7, 11) is 0. The van der Waals surface area contributed by atoms with Crippen molar-refractivity contribution >= 4 is 28.3 Å². The second kappa shape index (κ2) is 8.90. The van der Waals surface area contributed by atoms with Crippen LogP contribution in [0.5, 0.6) is 0 Å². The maximum Gasteiger partial charge on any atom is 0.150 e. The lowest BCUT2D eigenvalue weighted by Crippen LogP contribution is -2.45. The summed E-state index contributed by atoms with van der Waals surface area (Å²) in [4.78, 5) is 17.6. The zero-order valence-electron chi connectivity index (χ0n) is 17.0. The predicted molar refractivity (Wildman–Crippen MR) is 119 cm³/mol. The Balaban J connectivity index is 1.43. The Morgan fingerprint density at radius 3 is 2.65 bits per heavy atom. The number of piperidine rings is 1. The highest BCUT2D eigenvalue weighted by molar-refractivity contribution is 6.70. The van der Waals surface area contributed by atoms with E-state index in [-0.39, 0.29) is 28.3 Å². The molecule has 2 aliphatic rings. The molecule has 0 bridgehead atoms. The van der Waals surface area contributed by atoms with Crippen LogP contribution in [0.15, 0.2) is 48.0 Å². The minimum atomic E-state index is -0.521. The van der Waals surface area contributed by atoms with Gasteiger partial charge in [-0.05, 0) is 25.0 Å². The van der Waals surface area contributed by atoms with Gasteiger partial charge in [-0.3, -0.25) is 4.98 Å². The fourth-order valence-corrected chi connectivity index (χ4v) is 4.25. The van der Waals surface area contributed by atoms with Gasteiger partial charge in [0.25, 0.3) is 0 Å². The van der Waals surface area contributed by atoms with E-state index in [0.717, 1.165) is 37.4 Å². The van der Waals surface area contributed by atoms with Crippen molar-refractivity contribution in [2.24, 2.45) is 10.9 Å². The van der Waals surface area contributed by atoms with Gasteiger partial charge in [0.1, 0.15) is 16.8 Å². The number of nitrogen functional groups attached to an aromatic ring is 1. The van der Waals surface area contributed by atoms with Crippen LogP contribution < -0.4 is 10.6 Å². The molecule has 0 spiro atoms. The Bertz CT molecular complexity index is 1030. The molecule has 0 radical (unpaired) electrons. The summed E-state index contributed by atoms with van der Waals surface area (Å²) < 4.78 is 14.1. The molecule has 1 aromatic carbocycles. The lowest BCUT2D eigenvalue weighted by Gasteiger charge is -2.41. The van der Waals surface area contributed by atoms with E-state index >= 15 is 0 Å². The van der Waals surface area contributed by atoms with Crippen LogP contribution in [-0.2, 0) is 0 Å². The van der Waals surface area contributed by atoms with Gasteiger partial charge < -0.3 is 15.5 Å². The monoisotopic (exact) mass is 439 g/mol. The van der Waals surface area contributed by atoms with Gasteiger partial charge in [-0.1, -0.05) is 24.2 Å². The van der Waals surface area contributed by atoms with E-state index in [1.165, 1.54) is 12.1 Å². The zero-order chi connectivity index (χ0) is 22.0. The normalized spacial score (nSPS) is 17.9. The van der Waals surface area contributed by atoms with Gasteiger partial charge in [0.05, 0.1) is 17.3 Å². The fraction of sp³-hybridized carbons (Fsp3) is 0.364. The maximum atomic E-state index is 14.1. The number of hydrogen-bond acceptors (Lipinski definition) is 7. The lowest BCUT2D eigenvalue weighted by atomic mass is 9.94. The quantitative estimate of drug-likeness (QED) is 0.566. The molecule has 7 nitrogen and oxygen atoms in total. The molecule has 0 unspecified atom stereocenters. The van der Waals surface area contributed by atoms with Crippen LogP contribution in [0.2, 0.25) is 0 Å². The number of likely N-dealkylation sites (tertiary alicyclic amines) is 1. The summed E-state index contributed by atoms with van der Waals surface area (Å²) in [6.45, 7) is 6.91. The highest BCUT2D eigenvalue weighted by Crippen LogP contribution is 2.35. The maximum absolute atomic E-state index is 14.1. The summed E-state index contributed by atoms with van der Waals surface area (Å²) in [5.74, 6) is 1.11. The van der Waals surface area contributed by atoms with E-state index < -0.39 is 5.82 Å². The van der Waals surface area contributed by atoms with Crippen molar-refractivity contribution in [3.05, 3.63) is 60.1 Å². The standard InChI is InChI=1S/C22H23ClFN7/c1-14(29-21(23)19-17(24)3-2-4-18(19)26)31-12-16(13-31)20-22(28-8-7-27-20)30-9-5-15(11-25)6-10-30/h2-4,7-8,15-16H,1,5-6,9-10,12-13,26H2/b29-21+. The van der Waals surface area contributed by atoms with Gasteiger partial charge in [0.2, 0.25) is 0 Å². The largest absolute Gasteiger partial charge is 0.398 e. The Hall–Kier alpha value is -3.18. The van der Waals surface area contributed by atoms with E-state index in [4.69, 9.17) is 22.6 Å². The summed E-state index contributed by atoms with van der Waals surface area (Å²) in [5, 5.41) is 9.10. The first-order valence-electron chi connectivity index (χ1n) is 10.2. The number of aliphatic imine (C=N–C) groups is 1. The smallest absolute Gasteiger partial charge is 0.150 e. The van der Waals surface area contributed by atoms with Crippen molar-refractivity contribution in [2.75, 3.05) is 36.8 Å². The van der Waals surface area contributed by atoms with E-state index in [2.05, 4.69) is 32.5 Å². The van der Waals surface area contributed by atoms with Crippen molar-refractivity contribution in [3.8, 4) is 6.07 Å². The molecule has 0 amide bonds. The molecule has 3 heterocycles. The average molecular weight is 440 g/mol. The molecule has 2 saturated heterocycles. The Morgan fingerprint density at radius 1 is 1.26 bits per heavy atom. The van der Waals surface area contributed by atoms with Crippen LogP contribution in [0.3, 0.4) is 0 Å². The van der Waals surface area contributed by atoms with Crippen LogP contribution in [0.25, 0.3) is 0 Å². The number of nitrogens with two attached hydrogens (primary N) is 1. The molecule has 160 valence electrons. The molecule has 0 atom stereocenters. The highest BCUT2D eigenvalue weighted by Gasteiger charge is 2.34. The van der Waals surface area contributed by atoms with Crippen molar-refractivity contribution < 1.29 is 4.39 Å². The first kappa shape index (κ1) is 21.1. The molecule has 2 aromatic rings. The summed E-state index contributed by atoms with van der Waals surface area (Å²) in [6, 6.07) is 6.75. The summed E-state index contributed by atoms with van der Waals surface area (Å²) >= 11 is 6.23. The van der Waals surface area contributed by atoms with E-state index in [9.17, 15) is 4.39 Å². The van der Waals surface area contributed by atoms with E-state index in [1.807, 2.05) is 4.90 Å². The van der Waals surface area contributed by atoms with Gasteiger partial charge in [-0.15, -0.1) is 0 Å². The number of rotatable bonds is 5. The van der Waals surface area contributed by atoms with Crippen LogP contribution >= 0.6 is 11.6 Å². The molecule has 2 N–H and O–H groups in total. The predicted octanol–water partition coefficient (Wildman–Crippen LogP) is 3.49. The Kier molecular flexibility index (Phi) is 6.05. The Morgan fingerprint density at radius 2 is 1.97 bits per heavy atom. The third-order valence-corrected chi connectivity index (χ3v) is 6.07. The topological polar surface area (TPSA) is 94.4 Å². The number of benzene rings is 1. The summed E-state index contributed by atoms with van der Waals surface area (Å²) in [6.07, 6.45) is 5.08. The second-order valence-corrected chi connectivity index (χ2v) is 8.14. The highest BCUT2D eigenvalue weighted by atomic mass is 35.5. The molecule has 1 aromatic heterocycles. The second-order valence-electron chi connectivity index (χ2n) is 7.78. The van der Waals surface area contributed by atoms with Crippen LogP contribution in [0.4, 0.5) is 15.9 Å². The van der Waals surface area contributed by atoms with Crippen molar-refractivity contribution in [1.82, 2.24) is 14.9 Å². The molecule has 31 heavy (non-hydrogen) atoms. The van der Waals surface area contributed by atoms with Gasteiger partial charge in [-0.2, -0.15) is 5.26 Å². The molecule has 2 fully saturated rings. The third-order valence-electron chi connectivity index (χ3n) is 5.80. The molecular formula is C22H23ClFN7. The third kappa shape index (κ3) is 4.32. The molecule has 0 saturated carbocycles. The first-order valence-corrected chi connectivity index (χ1v) is 10.5. The lowest BCUT2D eigenvalue weighted by molar-refractivity contribution is 0.195. The minimum absolute atomic E-state index is 0.0235. The van der Waals surface area contributed by atoms with Crippen molar-refractivity contribution in [1.29, 1.82) is 5.26 Å². The SMILES string of the molecule is C=C(/N=C(/Cl)c1c(N)cccc1F)N1CC(c2nccnc2N2CCC(C#N)CC2)C1. The van der Waals surface area contributed by atoms with Gasteiger partial charge in [0, 0.05) is 56.1 Å². The number of halogens is 2. The van der Waals surface area contributed by atoms with E-state index in [0.29, 0.717) is 18.9 Å². The van der Waals surface area contributed by atoms with Crippen LogP contribution in [-0.4, -0.2) is 46.2 Å². The van der Waals surface area contributed by atoms with Crippen LogP contribution in [0.1, 0.15) is 30.0 Å². The van der Waals surface area contributed by atoms with Gasteiger partial charge in [0.15, 0.2) is 5.82 Å². The van der Waals surface area contributed by atoms with E-state index in [1.54, 1.807) is 18.5 Å². The number of aromatic nitrogens is 2. The van der Waals surface area contributed by atoms with Crippen molar-refractivity contribution in [3.63, 3.8) is 0 Å². The van der Waals surface area contributed by atoms with Gasteiger partial charge in [-0.25, -0.2) is 14.4 Å². The zero-order valence-corrected chi connectivity index (χ0v) is 17.8. The van der Waals surface area contributed by atoms with Gasteiger partial charge >= 0.3 is 0 Å². The average Bonchev–Trinajstić information content (AvgIpc) is 2.73. The Labute approximate surface area is 185 Å². The molecule has 4 rings (SSSR count). The molecule has 2 aliphatic heterocycles.